The molecule has 1 fully saturated rings. The second-order valence-corrected chi connectivity index (χ2v) is 20.4. The van der Waals surface area contributed by atoms with Crippen LogP contribution in [0, 0.1) is 0 Å². The maximum absolute atomic E-state index is 11.7. The van der Waals surface area contributed by atoms with Gasteiger partial charge in [-0.3, -0.25) is 19.3 Å². The molecule has 0 atom stereocenters. The molecule has 12 heteroatoms. The van der Waals surface area contributed by atoms with Crippen LogP contribution in [0.5, 0.6) is 0 Å². The molecule has 4 aromatic rings. The summed E-state index contributed by atoms with van der Waals surface area (Å²) in [6.07, 6.45) is 0. The molecule has 4 aromatic carbocycles. The van der Waals surface area contributed by atoms with Crippen molar-refractivity contribution in [1.82, 2.24) is 19.6 Å². The Morgan fingerprint density at radius 3 is 1.04 bits per heavy atom. The third-order valence-corrected chi connectivity index (χ3v) is 18.6. The molecule has 0 unspecified atom stereocenters. The van der Waals surface area contributed by atoms with E-state index in [1.165, 1.54) is 18.6 Å². The smallest absolute Gasteiger partial charge is 1.00 e. The molecule has 1 aliphatic heterocycles. The summed E-state index contributed by atoms with van der Waals surface area (Å²) in [5, 5.41) is 29.5. The first kappa shape index (κ1) is 40.9. The van der Waals surface area contributed by atoms with Gasteiger partial charge in [0, 0.05) is 0 Å². The summed E-state index contributed by atoms with van der Waals surface area (Å²) in [4.78, 5) is 42.6. The Balaban J connectivity index is 0.00000605. The minimum atomic E-state index is -2.95. The Bertz CT molecular complexity index is 1570. The third-order valence-electron chi connectivity index (χ3n) is 9.45. The monoisotopic (exact) mass is 834 g/mol. The Labute approximate surface area is 319 Å². The number of nitrogens with zero attached hydrogens (tertiary/aromatic N) is 4. The van der Waals surface area contributed by atoms with Crippen LogP contribution in [-0.4, -0.2) is 138 Å². The Kier molecular flexibility index (Phi) is 16.1. The zero-order valence-corrected chi connectivity index (χ0v) is 32.8. The molecule has 1 heterocycles. The van der Waals surface area contributed by atoms with Gasteiger partial charge >= 0.3 is 263 Å². The van der Waals surface area contributed by atoms with Crippen molar-refractivity contribution in [1.29, 1.82) is 0 Å². The van der Waals surface area contributed by atoms with Crippen LogP contribution in [0.25, 0.3) is 0 Å². The van der Waals surface area contributed by atoms with Crippen molar-refractivity contribution in [2.45, 2.75) is 11.8 Å². The van der Waals surface area contributed by atoms with Crippen LogP contribution in [-0.2, 0) is 26.1 Å². The second-order valence-electron chi connectivity index (χ2n) is 13.1. The summed E-state index contributed by atoms with van der Waals surface area (Å²) in [6, 6.07) is 41.6. The van der Waals surface area contributed by atoms with Gasteiger partial charge in [-0.1, -0.05) is 0 Å². The van der Waals surface area contributed by atoms with Crippen LogP contribution >= 0.6 is 0 Å². The van der Waals surface area contributed by atoms with Crippen LogP contribution in [0.3, 0.4) is 0 Å². The van der Waals surface area contributed by atoms with Crippen LogP contribution in [0.4, 0.5) is 0 Å². The van der Waals surface area contributed by atoms with E-state index in [1.807, 2.05) is 9.80 Å². The van der Waals surface area contributed by atoms with E-state index in [9.17, 15) is 29.7 Å². The Morgan fingerprint density at radius 2 is 0.731 bits per heavy atom. The van der Waals surface area contributed by atoms with Crippen molar-refractivity contribution in [3.8, 4) is 0 Å². The van der Waals surface area contributed by atoms with Gasteiger partial charge < -0.3 is 32.3 Å². The quantitative estimate of drug-likeness (QED) is 0.144. The molecule has 3 N–H and O–H groups in total. The predicted octanol–water partition coefficient (Wildman–Crippen LogP) is -1.08. The van der Waals surface area contributed by atoms with Crippen LogP contribution in [0.2, 0.25) is 0 Å². The zero-order chi connectivity index (χ0) is 36.1. The Morgan fingerprint density at radius 1 is 0.442 bits per heavy atom. The molecule has 52 heavy (non-hydrogen) atoms. The first-order valence-electron chi connectivity index (χ1n) is 17.4. The van der Waals surface area contributed by atoms with Gasteiger partial charge in [0.1, 0.15) is 0 Å². The molecule has 5 rings (SSSR count). The van der Waals surface area contributed by atoms with Gasteiger partial charge in [-0.15, -0.1) is 0 Å². The van der Waals surface area contributed by atoms with Gasteiger partial charge in [0.15, 0.2) is 0 Å². The van der Waals surface area contributed by atoms with Crippen LogP contribution in [0.15, 0.2) is 115 Å². The van der Waals surface area contributed by atoms with E-state index in [4.69, 9.17) is 0 Å². The molecule has 0 radical (unpaired) electrons. The number of halogens is 1. The molecular weight excluding hydrogens is 787 g/mol. The molecule has 0 spiro atoms. The summed E-state index contributed by atoms with van der Waals surface area (Å²) in [5.41, 5.74) is 2.39. The molecule has 0 aliphatic carbocycles. The summed E-state index contributed by atoms with van der Waals surface area (Å²) in [5.74, 6) is -2.82. The minimum Gasteiger partial charge on any atom is -1.00 e. The molecule has 1 aliphatic rings. The Hall–Kier alpha value is -3.83. The summed E-state index contributed by atoms with van der Waals surface area (Å²) >= 11 is -2.95. The molecule has 0 saturated carbocycles. The fraction of sp³-hybridized carbons (Fsp3) is 0.325. The van der Waals surface area contributed by atoms with Crippen LogP contribution < -0.4 is 30.0 Å². The molecular formula is C40H48AsBrN4O6. The predicted molar refractivity (Wildman–Crippen MR) is 202 cm³/mol. The fourth-order valence-electron chi connectivity index (χ4n) is 6.84. The molecule has 1 saturated heterocycles. The molecule has 0 amide bonds. The first-order valence-corrected chi connectivity index (χ1v) is 21.5. The van der Waals surface area contributed by atoms with Crippen molar-refractivity contribution >= 4 is 44.5 Å². The van der Waals surface area contributed by atoms with E-state index >= 15 is 0 Å². The minimum absolute atomic E-state index is 0. The van der Waals surface area contributed by atoms with Gasteiger partial charge in [-0.25, -0.2) is 0 Å². The van der Waals surface area contributed by atoms with E-state index < -0.39 is 31.5 Å². The third kappa shape index (κ3) is 11.8. The summed E-state index contributed by atoms with van der Waals surface area (Å²) in [7, 11) is 0. The standard InChI is InChI=1S/C40H47AsN4O6.BrH/c46-38(47)30-43-22-20-42(21-23-44(31-39(48)49)25-27-45(26-24-43)32-40(50)51)29-34-18-16-33(17-19-34)28-41(35-10-4-1-5-11-35,36-12-6-2-7-13-36)37-14-8-3-9-15-37;/h1-19H,20-32H2,(H2-,46,47,48,49,50,51);1H. The average molecular weight is 836 g/mol. The van der Waals surface area contributed by atoms with Gasteiger partial charge in [0.2, 0.25) is 0 Å². The molecule has 0 bridgehead atoms. The van der Waals surface area contributed by atoms with Crippen LogP contribution in [0.1, 0.15) is 11.1 Å². The van der Waals surface area contributed by atoms with E-state index in [-0.39, 0.29) is 36.6 Å². The number of carbonyl (C=O) groups is 3. The normalized spacial score (nSPS) is 15.8. The summed E-state index contributed by atoms with van der Waals surface area (Å²) in [6.45, 7) is 3.89. The molecule has 276 valence electrons. The van der Waals surface area contributed by atoms with Gasteiger partial charge in [0.05, 0.1) is 6.54 Å². The van der Waals surface area contributed by atoms with E-state index in [2.05, 4.69) is 120 Å². The number of aliphatic carboxylic acids is 3. The van der Waals surface area contributed by atoms with E-state index in [1.54, 1.807) is 4.90 Å². The van der Waals surface area contributed by atoms with Gasteiger partial charge in [-0.2, -0.15) is 0 Å². The number of carboxylic acids is 3. The topological polar surface area (TPSA) is 125 Å². The summed E-state index contributed by atoms with van der Waals surface area (Å²) < 4.78 is 4.16. The van der Waals surface area contributed by atoms with Crippen molar-refractivity contribution < 1.29 is 46.7 Å². The van der Waals surface area contributed by atoms with E-state index in [0.717, 1.165) is 10.8 Å². The number of hydrogen-bond donors (Lipinski definition) is 3. The SMILES string of the molecule is O=C(O)CN1CCN(CC(=O)O)CCN(Cc2ccc(C[As+](c3ccccc3)(c3ccccc3)c3ccccc3)cc2)CCN(CC(=O)O)CC1.[Br-]. The number of hydrogen-bond acceptors (Lipinski definition) is 7. The number of benzene rings is 4. The maximum atomic E-state index is 11.7. The molecule has 0 aromatic heterocycles. The number of carboxylic acid groups (broad SMARTS) is 3. The second kappa shape index (κ2) is 20.4. The average Bonchev–Trinajstić information content (AvgIpc) is 3.13. The van der Waals surface area contributed by atoms with Crippen molar-refractivity contribution in [3.05, 3.63) is 126 Å². The van der Waals surface area contributed by atoms with Crippen molar-refractivity contribution in [3.63, 3.8) is 0 Å². The van der Waals surface area contributed by atoms with E-state index in [0.29, 0.717) is 58.9 Å². The number of rotatable bonds is 13. The fourth-order valence-corrected chi connectivity index (χ4v) is 15.7. The first-order chi connectivity index (χ1) is 24.7. The zero-order valence-electron chi connectivity index (χ0n) is 29.3. The molecule has 10 nitrogen and oxygen atoms in total. The van der Waals surface area contributed by atoms with Crippen molar-refractivity contribution in [2.75, 3.05) is 72.0 Å². The van der Waals surface area contributed by atoms with Gasteiger partial charge in [-0.05, 0) is 0 Å². The van der Waals surface area contributed by atoms with Crippen molar-refractivity contribution in [2.24, 2.45) is 0 Å². The van der Waals surface area contributed by atoms with Gasteiger partial charge in [0.25, 0.3) is 0 Å².